The van der Waals surface area contributed by atoms with E-state index >= 15 is 0 Å². The van der Waals surface area contributed by atoms with Crippen LogP contribution in [-0.4, -0.2) is 7.11 Å². The molecule has 0 aromatic heterocycles. The lowest BCUT2D eigenvalue weighted by Crippen LogP contribution is -2.01. The van der Waals surface area contributed by atoms with E-state index in [1.807, 2.05) is 24.3 Å². The third-order valence-electron chi connectivity index (χ3n) is 2.82. The van der Waals surface area contributed by atoms with E-state index in [1.165, 1.54) is 0 Å². The van der Waals surface area contributed by atoms with Gasteiger partial charge in [-0.15, -0.1) is 0 Å². The highest BCUT2D eigenvalue weighted by molar-refractivity contribution is 9.10. The Morgan fingerprint density at radius 3 is 2.60 bits per heavy atom. The third kappa shape index (κ3) is 3.89. The molecule has 2 aromatic rings. The lowest BCUT2D eigenvalue weighted by Gasteiger charge is -2.11. The van der Waals surface area contributed by atoms with Crippen LogP contribution in [0.25, 0.3) is 0 Å². The Morgan fingerprint density at radius 1 is 1.10 bits per heavy atom. The SMILES string of the molecule is COCc1cccc(CNc2ccc(Br)c(Cl)c2Cl)c1. The van der Waals surface area contributed by atoms with Gasteiger partial charge in [-0.2, -0.15) is 0 Å². The van der Waals surface area contributed by atoms with E-state index in [-0.39, 0.29) is 0 Å². The van der Waals surface area contributed by atoms with Crippen molar-refractivity contribution in [3.63, 3.8) is 0 Å². The monoisotopic (exact) mass is 373 g/mol. The zero-order valence-electron chi connectivity index (χ0n) is 10.9. The van der Waals surface area contributed by atoms with Crippen LogP contribution in [0, 0.1) is 0 Å². The predicted molar refractivity (Wildman–Crippen MR) is 88.6 cm³/mol. The van der Waals surface area contributed by atoms with Crippen molar-refractivity contribution in [3.8, 4) is 0 Å². The first-order valence-corrected chi connectivity index (χ1v) is 7.61. The van der Waals surface area contributed by atoms with E-state index in [0.717, 1.165) is 21.3 Å². The summed E-state index contributed by atoms with van der Waals surface area (Å²) in [6.07, 6.45) is 0. The summed E-state index contributed by atoms with van der Waals surface area (Å²) in [5, 5.41) is 4.33. The average Bonchev–Trinajstić information content (AvgIpc) is 2.45. The maximum absolute atomic E-state index is 6.20. The number of nitrogens with one attached hydrogen (secondary N) is 1. The molecule has 106 valence electrons. The Morgan fingerprint density at radius 2 is 1.85 bits per heavy atom. The molecule has 2 nitrogen and oxygen atoms in total. The molecular weight excluding hydrogens is 361 g/mol. The fourth-order valence-corrected chi connectivity index (χ4v) is 2.70. The topological polar surface area (TPSA) is 21.3 Å². The molecule has 0 amide bonds. The molecule has 0 atom stereocenters. The maximum Gasteiger partial charge on any atom is 0.0835 e. The summed E-state index contributed by atoms with van der Waals surface area (Å²) in [6, 6.07) is 12.0. The molecule has 20 heavy (non-hydrogen) atoms. The molecule has 5 heteroatoms. The second-order valence-corrected chi connectivity index (χ2v) is 5.94. The normalized spacial score (nSPS) is 10.6. The summed E-state index contributed by atoms with van der Waals surface area (Å²) in [6.45, 7) is 1.29. The van der Waals surface area contributed by atoms with Crippen molar-refractivity contribution in [3.05, 3.63) is 62.0 Å². The van der Waals surface area contributed by atoms with Crippen LogP contribution in [0.4, 0.5) is 5.69 Å². The zero-order chi connectivity index (χ0) is 14.5. The number of hydrogen-bond donors (Lipinski definition) is 1. The van der Waals surface area contributed by atoms with Gasteiger partial charge in [-0.3, -0.25) is 0 Å². The molecule has 0 bridgehead atoms. The van der Waals surface area contributed by atoms with Crippen molar-refractivity contribution in [2.45, 2.75) is 13.2 Å². The van der Waals surface area contributed by atoms with Gasteiger partial charge in [-0.05, 0) is 39.2 Å². The van der Waals surface area contributed by atoms with E-state index in [1.54, 1.807) is 7.11 Å². The lowest BCUT2D eigenvalue weighted by molar-refractivity contribution is 0.185. The van der Waals surface area contributed by atoms with Crippen LogP contribution in [0.15, 0.2) is 40.9 Å². The van der Waals surface area contributed by atoms with Crippen molar-refractivity contribution >= 4 is 44.8 Å². The molecule has 0 spiro atoms. The van der Waals surface area contributed by atoms with Gasteiger partial charge >= 0.3 is 0 Å². The van der Waals surface area contributed by atoms with Gasteiger partial charge in [0.25, 0.3) is 0 Å². The second-order valence-electron chi connectivity index (χ2n) is 4.33. The van der Waals surface area contributed by atoms with Gasteiger partial charge in [0, 0.05) is 18.1 Å². The summed E-state index contributed by atoms with van der Waals surface area (Å²) in [5.74, 6) is 0. The Kier molecular flexibility index (Phi) is 5.73. The number of ether oxygens (including phenoxy) is 1. The van der Waals surface area contributed by atoms with E-state index in [4.69, 9.17) is 27.9 Å². The van der Waals surface area contributed by atoms with Crippen LogP contribution in [0.3, 0.4) is 0 Å². The van der Waals surface area contributed by atoms with Crippen LogP contribution in [-0.2, 0) is 17.9 Å². The molecule has 0 radical (unpaired) electrons. The number of methoxy groups -OCH3 is 1. The fraction of sp³-hybridized carbons (Fsp3) is 0.200. The minimum atomic E-state index is 0.518. The molecule has 1 N–H and O–H groups in total. The predicted octanol–water partition coefficient (Wildman–Crippen LogP) is 5.51. The number of rotatable bonds is 5. The summed E-state index contributed by atoms with van der Waals surface area (Å²) < 4.78 is 5.92. The van der Waals surface area contributed by atoms with Crippen molar-refractivity contribution in [2.24, 2.45) is 0 Å². The van der Waals surface area contributed by atoms with Crippen molar-refractivity contribution in [1.29, 1.82) is 0 Å². The summed E-state index contributed by atoms with van der Waals surface area (Å²) >= 11 is 15.6. The molecule has 0 fully saturated rings. The Bertz CT molecular complexity index is 604. The van der Waals surface area contributed by atoms with E-state index in [9.17, 15) is 0 Å². The molecule has 2 rings (SSSR count). The Hall–Kier alpha value is -0.740. The van der Waals surface area contributed by atoms with E-state index in [2.05, 4.69) is 33.4 Å². The first-order valence-electron chi connectivity index (χ1n) is 6.06. The molecule has 0 saturated heterocycles. The zero-order valence-corrected chi connectivity index (χ0v) is 14.0. The van der Waals surface area contributed by atoms with Gasteiger partial charge in [0.05, 0.1) is 22.3 Å². The van der Waals surface area contributed by atoms with Crippen LogP contribution in [0.2, 0.25) is 10.0 Å². The maximum atomic E-state index is 6.20. The number of halogens is 3. The Balaban J connectivity index is 2.09. The smallest absolute Gasteiger partial charge is 0.0835 e. The minimum Gasteiger partial charge on any atom is -0.380 e. The van der Waals surface area contributed by atoms with Crippen LogP contribution in [0.5, 0.6) is 0 Å². The summed E-state index contributed by atoms with van der Waals surface area (Å²) in [7, 11) is 1.69. The molecule has 0 aliphatic rings. The van der Waals surface area contributed by atoms with Gasteiger partial charge in [-0.25, -0.2) is 0 Å². The van der Waals surface area contributed by atoms with Gasteiger partial charge in [-0.1, -0.05) is 47.5 Å². The van der Waals surface area contributed by atoms with Crippen LogP contribution < -0.4 is 5.32 Å². The molecule has 2 aromatic carbocycles. The van der Waals surface area contributed by atoms with E-state index in [0.29, 0.717) is 23.2 Å². The number of benzene rings is 2. The quantitative estimate of drug-likeness (QED) is 0.696. The van der Waals surface area contributed by atoms with Gasteiger partial charge < -0.3 is 10.1 Å². The highest BCUT2D eigenvalue weighted by Gasteiger charge is 2.08. The summed E-state index contributed by atoms with van der Waals surface area (Å²) in [5.41, 5.74) is 3.12. The van der Waals surface area contributed by atoms with Crippen molar-refractivity contribution < 1.29 is 4.74 Å². The third-order valence-corrected chi connectivity index (χ3v) is 4.59. The molecule has 0 aliphatic heterocycles. The van der Waals surface area contributed by atoms with E-state index < -0.39 is 0 Å². The fourth-order valence-electron chi connectivity index (χ4n) is 1.86. The number of anilines is 1. The van der Waals surface area contributed by atoms with Gasteiger partial charge in [0.15, 0.2) is 0 Å². The van der Waals surface area contributed by atoms with Crippen LogP contribution >= 0.6 is 39.1 Å². The first-order chi connectivity index (χ1) is 9.61. The molecular formula is C15H14BrCl2NO. The second kappa shape index (κ2) is 7.32. The van der Waals surface area contributed by atoms with Crippen LogP contribution in [0.1, 0.15) is 11.1 Å². The molecule has 0 unspecified atom stereocenters. The largest absolute Gasteiger partial charge is 0.380 e. The minimum absolute atomic E-state index is 0.518. The number of hydrogen-bond acceptors (Lipinski definition) is 2. The molecule has 0 saturated carbocycles. The van der Waals surface area contributed by atoms with Gasteiger partial charge in [0.1, 0.15) is 0 Å². The lowest BCUT2D eigenvalue weighted by atomic mass is 10.1. The van der Waals surface area contributed by atoms with Crippen molar-refractivity contribution in [2.75, 3.05) is 12.4 Å². The first kappa shape index (κ1) is 15.6. The Labute approximate surface area is 137 Å². The highest BCUT2D eigenvalue weighted by Crippen LogP contribution is 2.35. The molecule has 0 heterocycles. The molecule has 0 aliphatic carbocycles. The summed E-state index contributed by atoms with van der Waals surface area (Å²) in [4.78, 5) is 0. The standard InChI is InChI=1S/C15H14BrCl2NO/c1-20-9-11-4-2-3-10(7-11)8-19-13-6-5-12(16)14(17)15(13)18/h2-7,19H,8-9H2,1H3. The average molecular weight is 375 g/mol. The van der Waals surface area contributed by atoms with Gasteiger partial charge in [0.2, 0.25) is 0 Å². The van der Waals surface area contributed by atoms with Crippen molar-refractivity contribution in [1.82, 2.24) is 0 Å². The highest BCUT2D eigenvalue weighted by atomic mass is 79.9.